The van der Waals surface area contributed by atoms with Crippen LogP contribution in [0.25, 0.3) is 11.5 Å². The molecule has 4 rings (SSSR count). The average Bonchev–Trinajstić information content (AvgIpc) is 2.65. The molecule has 0 spiro atoms. The van der Waals surface area contributed by atoms with Crippen LogP contribution in [-0.2, 0) is 8.85 Å². The molecule has 0 amide bonds. The highest BCUT2D eigenvalue weighted by Crippen LogP contribution is 2.46. The molecule has 0 saturated carbocycles. The Kier molecular flexibility index (Phi) is 4.98. The Labute approximate surface area is 185 Å². The fraction of sp³-hybridized carbons (Fsp3) is 0.280. The minimum absolute atomic E-state index is 0.165. The molecule has 2 aromatic carbocycles. The smallest absolute Gasteiger partial charge is 0.242 e. The van der Waals surface area contributed by atoms with Gasteiger partial charge in [0.15, 0.2) is 11.6 Å². The number of rotatable bonds is 4. The molecule has 6 heteroatoms. The molecule has 160 valence electrons. The number of ketones is 2. The highest BCUT2D eigenvalue weighted by molar-refractivity contribution is 6.71. The summed E-state index contributed by atoms with van der Waals surface area (Å²) < 4.78 is 13.0. The predicted octanol–water partition coefficient (Wildman–Crippen LogP) is 6.21. The van der Waals surface area contributed by atoms with E-state index in [1.165, 1.54) is 0 Å². The summed E-state index contributed by atoms with van der Waals surface area (Å²) >= 11 is 0. The maximum Gasteiger partial charge on any atom is 0.242 e. The quantitative estimate of drug-likeness (QED) is 0.522. The van der Waals surface area contributed by atoms with E-state index in [2.05, 4.69) is 39.3 Å². The first-order valence-corrected chi connectivity index (χ1v) is 17.4. The molecule has 2 aromatic rings. The summed E-state index contributed by atoms with van der Waals surface area (Å²) in [6.07, 6.45) is 0. The van der Waals surface area contributed by atoms with Gasteiger partial charge in [-0.15, -0.1) is 0 Å². The maximum atomic E-state index is 13.9. The maximum absolute atomic E-state index is 13.9. The van der Waals surface area contributed by atoms with Crippen LogP contribution in [0.1, 0.15) is 37.4 Å². The molecule has 2 aliphatic carbocycles. The Bertz CT molecular complexity index is 1190. The molecule has 0 N–H and O–H groups in total. The minimum atomic E-state index is -2.09. The largest absolute Gasteiger partial charge is 0.543 e. The van der Waals surface area contributed by atoms with E-state index in [1.807, 2.05) is 43.3 Å². The zero-order valence-electron chi connectivity index (χ0n) is 19.2. The van der Waals surface area contributed by atoms with Crippen molar-refractivity contribution in [1.82, 2.24) is 0 Å². The van der Waals surface area contributed by atoms with Crippen LogP contribution < -0.4 is 0 Å². The van der Waals surface area contributed by atoms with E-state index in [0.717, 1.165) is 5.56 Å². The Morgan fingerprint density at radius 1 is 0.613 bits per heavy atom. The lowest BCUT2D eigenvalue weighted by Gasteiger charge is -2.35. The number of hydrogen-bond acceptors (Lipinski definition) is 4. The fourth-order valence-corrected chi connectivity index (χ4v) is 5.70. The van der Waals surface area contributed by atoms with Crippen molar-refractivity contribution < 1.29 is 18.4 Å². The van der Waals surface area contributed by atoms with Crippen LogP contribution in [0.3, 0.4) is 0 Å². The van der Waals surface area contributed by atoms with Gasteiger partial charge in [0.2, 0.25) is 16.6 Å². The molecule has 4 nitrogen and oxygen atoms in total. The number of carbonyl (C=O) groups excluding carboxylic acids is 2. The fourth-order valence-electron chi connectivity index (χ4n) is 4.05. The third-order valence-electron chi connectivity index (χ3n) is 5.14. The van der Waals surface area contributed by atoms with Crippen LogP contribution in [0.4, 0.5) is 0 Å². The highest BCUT2D eigenvalue weighted by Gasteiger charge is 2.44. The van der Waals surface area contributed by atoms with Gasteiger partial charge in [-0.1, -0.05) is 42.5 Å². The van der Waals surface area contributed by atoms with Gasteiger partial charge < -0.3 is 8.85 Å². The number of hydrogen-bond donors (Lipinski definition) is 0. The molecule has 0 bridgehead atoms. The number of fused-ring (bicyclic) bond motifs is 3. The second-order valence-electron chi connectivity index (χ2n) is 10.0. The van der Waals surface area contributed by atoms with E-state index in [-0.39, 0.29) is 11.6 Å². The van der Waals surface area contributed by atoms with Gasteiger partial charge >= 0.3 is 0 Å². The van der Waals surface area contributed by atoms with Crippen LogP contribution in [0, 0.1) is 6.92 Å². The molecular formula is C25H28O4Si2. The van der Waals surface area contributed by atoms with E-state index < -0.39 is 16.6 Å². The van der Waals surface area contributed by atoms with E-state index in [0.29, 0.717) is 44.9 Å². The van der Waals surface area contributed by atoms with Crippen molar-refractivity contribution in [2.75, 3.05) is 0 Å². The molecular weight excluding hydrogens is 420 g/mol. The highest BCUT2D eigenvalue weighted by atomic mass is 28.4. The molecule has 0 fully saturated rings. The van der Waals surface area contributed by atoms with Crippen LogP contribution in [0.5, 0.6) is 0 Å². The van der Waals surface area contributed by atoms with Crippen molar-refractivity contribution in [3.8, 4) is 0 Å². The van der Waals surface area contributed by atoms with Gasteiger partial charge in [0.1, 0.15) is 11.5 Å². The average molecular weight is 449 g/mol. The molecule has 0 unspecified atom stereocenters. The molecule has 0 radical (unpaired) electrons. The summed E-state index contributed by atoms with van der Waals surface area (Å²) in [5, 5.41) is 0. The topological polar surface area (TPSA) is 52.6 Å². The SMILES string of the molecule is Cc1cccc2c1C(=O)C1=C(O[Si](C)(C)C)c3ccccc3C(=O)C1=C2O[Si](C)(C)C. The van der Waals surface area contributed by atoms with Gasteiger partial charge in [0, 0.05) is 22.3 Å². The third kappa shape index (κ3) is 3.74. The van der Waals surface area contributed by atoms with E-state index >= 15 is 0 Å². The van der Waals surface area contributed by atoms with Crippen molar-refractivity contribution in [3.05, 3.63) is 81.4 Å². The van der Waals surface area contributed by atoms with Crippen LogP contribution in [-0.4, -0.2) is 28.2 Å². The predicted molar refractivity (Wildman–Crippen MR) is 129 cm³/mol. The first-order valence-electron chi connectivity index (χ1n) is 10.5. The second-order valence-corrected chi connectivity index (χ2v) is 18.9. The minimum Gasteiger partial charge on any atom is -0.543 e. The van der Waals surface area contributed by atoms with Gasteiger partial charge in [0.05, 0.1) is 11.1 Å². The van der Waals surface area contributed by atoms with Crippen molar-refractivity contribution in [2.24, 2.45) is 0 Å². The van der Waals surface area contributed by atoms with Gasteiger partial charge in [0.25, 0.3) is 0 Å². The number of Topliss-reactive ketones (excluding diaryl/α,β-unsaturated/α-hetero) is 2. The van der Waals surface area contributed by atoms with E-state index in [1.54, 1.807) is 6.07 Å². The number of carbonyl (C=O) groups is 2. The number of aryl methyl sites for hydroxylation is 1. The normalized spacial score (nSPS) is 16.1. The summed E-state index contributed by atoms with van der Waals surface area (Å²) in [7, 11) is -4.19. The Hall–Kier alpha value is -2.71. The van der Waals surface area contributed by atoms with Crippen molar-refractivity contribution in [2.45, 2.75) is 46.2 Å². The molecule has 0 aliphatic heterocycles. The summed E-state index contributed by atoms with van der Waals surface area (Å²) in [4.78, 5) is 27.6. The Morgan fingerprint density at radius 3 is 1.68 bits per heavy atom. The Morgan fingerprint density at radius 2 is 1.10 bits per heavy atom. The molecule has 31 heavy (non-hydrogen) atoms. The zero-order chi connectivity index (χ0) is 22.7. The summed E-state index contributed by atoms with van der Waals surface area (Å²) in [5.41, 5.74) is 4.09. The molecule has 0 heterocycles. The molecule has 2 aliphatic rings. The van der Waals surface area contributed by atoms with Crippen LogP contribution in [0.2, 0.25) is 39.3 Å². The van der Waals surface area contributed by atoms with Crippen molar-refractivity contribution in [3.63, 3.8) is 0 Å². The first kappa shape index (κ1) is 21.5. The van der Waals surface area contributed by atoms with Crippen LogP contribution in [0.15, 0.2) is 53.6 Å². The molecule has 0 saturated heterocycles. The van der Waals surface area contributed by atoms with Gasteiger partial charge in [-0.25, -0.2) is 0 Å². The lowest BCUT2D eigenvalue weighted by molar-refractivity contribution is 0.0988. The first-order chi connectivity index (χ1) is 14.4. The summed E-state index contributed by atoms with van der Waals surface area (Å²) in [6.45, 7) is 14.4. The lowest BCUT2D eigenvalue weighted by atomic mass is 9.75. The number of benzene rings is 2. The monoisotopic (exact) mass is 448 g/mol. The van der Waals surface area contributed by atoms with Crippen LogP contribution >= 0.6 is 0 Å². The molecule has 0 aromatic heterocycles. The standard InChI is InChI=1S/C25H28O4Si2/c1-15-11-10-14-18-19(15)23(27)21-20(25(18)29-31(5,6)7)22(26)16-12-8-9-13-17(16)24(21)28-30(2,3)4/h8-14H,1-7H3. The zero-order valence-corrected chi connectivity index (χ0v) is 21.2. The summed E-state index contributed by atoms with van der Waals surface area (Å²) in [5.74, 6) is 0.688. The van der Waals surface area contributed by atoms with Gasteiger partial charge in [-0.3, -0.25) is 9.59 Å². The molecule has 0 atom stereocenters. The van der Waals surface area contributed by atoms with Gasteiger partial charge in [-0.05, 0) is 51.8 Å². The van der Waals surface area contributed by atoms with Crippen molar-refractivity contribution in [1.29, 1.82) is 0 Å². The van der Waals surface area contributed by atoms with E-state index in [9.17, 15) is 9.59 Å². The summed E-state index contributed by atoms with van der Waals surface area (Å²) in [6, 6.07) is 13.1. The van der Waals surface area contributed by atoms with Gasteiger partial charge in [-0.2, -0.15) is 0 Å². The number of allylic oxidation sites excluding steroid dienone is 2. The van der Waals surface area contributed by atoms with Crippen molar-refractivity contribution >= 4 is 39.7 Å². The van der Waals surface area contributed by atoms with E-state index in [4.69, 9.17) is 8.85 Å². The Balaban J connectivity index is 2.16. The second kappa shape index (κ2) is 7.17. The lowest BCUT2D eigenvalue weighted by Crippen LogP contribution is -2.34. The third-order valence-corrected chi connectivity index (χ3v) is 6.77.